The summed E-state index contributed by atoms with van der Waals surface area (Å²) in [5.41, 5.74) is 2.59. The molecule has 1 aliphatic heterocycles. The zero-order chi connectivity index (χ0) is 32.5. The zero-order valence-corrected chi connectivity index (χ0v) is 29.5. The van der Waals surface area contributed by atoms with Crippen LogP contribution in [-0.4, -0.2) is 50.3 Å². The number of halogens is 2. The maximum atomic E-state index is 13.5. The number of hydrogen-bond acceptors (Lipinski definition) is 8. The van der Waals surface area contributed by atoms with Crippen LogP contribution < -0.4 is 15.2 Å². The fourth-order valence-corrected chi connectivity index (χ4v) is 8.41. The van der Waals surface area contributed by atoms with Crippen LogP contribution in [0.3, 0.4) is 0 Å². The first kappa shape index (κ1) is 34.1. The smallest absolute Gasteiger partial charge is 0.306 e. The molecule has 0 radical (unpaired) electrons. The minimum absolute atomic E-state index is 0.0898. The van der Waals surface area contributed by atoms with Crippen molar-refractivity contribution >= 4 is 58.1 Å². The Kier molecular flexibility index (Phi) is 10.5. The summed E-state index contributed by atoms with van der Waals surface area (Å²) in [7, 11) is 0. The maximum Gasteiger partial charge on any atom is 0.306 e. The maximum absolute atomic E-state index is 13.5. The minimum atomic E-state index is -1.27. The van der Waals surface area contributed by atoms with Crippen molar-refractivity contribution in [1.29, 1.82) is 0 Å². The van der Waals surface area contributed by atoms with E-state index in [1.807, 2.05) is 27.7 Å². The van der Waals surface area contributed by atoms with Crippen molar-refractivity contribution in [2.75, 3.05) is 30.3 Å². The van der Waals surface area contributed by atoms with Crippen LogP contribution in [0, 0.1) is 12.3 Å². The van der Waals surface area contributed by atoms with Gasteiger partial charge < -0.3 is 14.2 Å². The first-order valence-electron chi connectivity index (χ1n) is 15.2. The molecule has 2 aromatic carbocycles. The third-order valence-corrected chi connectivity index (χ3v) is 11.9. The number of esters is 1. The number of carbonyl (C=O) groups excluding carboxylic acids is 1. The van der Waals surface area contributed by atoms with Gasteiger partial charge in [0.2, 0.25) is 0 Å². The molecule has 1 spiro atoms. The van der Waals surface area contributed by atoms with Gasteiger partial charge in [0.05, 0.1) is 34.8 Å². The van der Waals surface area contributed by atoms with E-state index in [0.29, 0.717) is 59.2 Å². The van der Waals surface area contributed by atoms with Crippen molar-refractivity contribution in [3.8, 4) is 5.69 Å². The van der Waals surface area contributed by atoms with E-state index < -0.39 is 16.1 Å². The standard InChI is InChI=1S/C33H40Cl2N4O4S2/c1-6-43-29(41)12-17-44-23-11-10-22-20-33(31(24(22)18-23)37-45(42)32(3,4)5)13-15-38(16-14-33)27-19-28(40)39(21(2)36-27)26-9-7-8-25(34)30(26)35/h7-11,18-19,31,37H,6,12-17,20H2,1-5H3/t31-,45?/m1/s1. The highest BCUT2D eigenvalue weighted by atomic mass is 35.5. The lowest BCUT2D eigenvalue weighted by molar-refractivity contribution is -0.142. The number of rotatable bonds is 9. The topological polar surface area (TPSA) is 99.5 Å². The molecule has 1 saturated heterocycles. The Bertz CT molecular complexity index is 1620. The van der Waals surface area contributed by atoms with E-state index in [0.717, 1.165) is 24.2 Å². The first-order valence-corrected chi connectivity index (χ1v) is 18.1. The van der Waals surface area contributed by atoms with Crippen molar-refractivity contribution in [1.82, 2.24) is 14.3 Å². The molecule has 2 atom stereocenters. The molecule has 0 amide bonds. The van der Waals surface area contributed by atoms with Crippen molar-refractivity contribution in [2.24, 2.45) is 5.41 Å². The summed E-state index contributed by atoms with van der Waals surface area (Å²) >= 11 is 13.0. The Hall–Kier alpha value is -2.21. The average Bonchev–Trinajstić information content (AvgIpc) is 3.26. The van der Waals surface area contributed by atoms with Crippen molar-refractivity contribution in [3.05, 3.63) is 79.8 Å². The van der Waals surface area contributed by atoms with Gasteiger partial charge in [0, 0.05) is 46.6 Å². The second-order valence-corrected chi connectivity index (χ2v) is 16.6. The lowest BCUT2D eigenvalue weighted by Gasteiger charge is -2.44. The largest absolute Gasteiger partial charge is 0.598 e. The SMILES string of the molecule is CCOC(=O)CCSc1ccc2c(c1)[C@@H](N[S+]([O-])C(C)(C)C)C1(CCN(c3cc(=O)n(-c4cccc(Cl)c4Cl)c(C)n3)CC1)C2. The predicted octanol–water partition coefficient (Wildman–Crippen LogP) is 6.83. The average molecular weight is 692 g/mol. The van der Waals surface area contributed by atoms with E-state index in [9.17, 15) is 14.1 Å². The first-order chi connectivity index (χ1) is 21.3. The second kappa shape index (κ2) is 13.9. The number of aromatic nitrogens is 2. The lowest BCUT2D eigenvalue weighted by Crippen LogP contribution is -2.50. The van der Waals surface area contributed by atoms with Crippen LogP contribution in [0.4, 0.5) is 5.82 Å². The summed E-state index contributed by atoms with van der Waals surface area (Å²) < 4.78 is 23.2. The van der Waals surface area contributed by atoms with E-state index in [2.05, 4.69) is 27.8 Å². The van der Waals surface area contributed by atoms with Gasteiger partial charge in [-0.2, -0.15) is 0 Å². The highest BCUT2D eigenvalue weighted by Crippen LogP contribution is 2.53. The van der Waals surface area contributed by atoms with E-state index in [4.69, 9.17) is 32.9 Å². The molecule has 8 nitrogen and oxygen atoms in total. The number of hydrogen-bond donors (Lipinski definition) is 1. The quantitative estimate of drug-likeness (QED) is 0.148. The van der Waals surface area contributed by atoms with Crippen LogP contribution in [0.5, 0.6) is 0 Å². The summed E-state index contributed by atoms with van der Waals surface area (Å²) in [5, 5.41) is 0.688. The normalized spacial score (nSPS) is 18.2. The van der Waals surface area contributed by atoms with Gasteiger partial charge in [-0.3, -0.25) is 14.2 Å². The molecule has 2 aliphatic rings. The summed E-state index contributed by atoms with van der Waals surface area (Å²) in [6.07, 6.45) is 2.92. The third kappa shape index (κ3) is 7.36. The molecule has 0 bridgehead atoms. The van der Waals surface area contributed by atoms with Crippen molar-refractivity contribution in [3.63, 3.8) is 0 Å². The molecule has 1 N–H and O–H groups in total. The molecule has 0 saturated carbocycles. The van der Waals surface area contributed by atoms with Gasteiger partial charge >= 0.3 is 5.97 Å². The Morgan fingerprint density at radius 2 is 1.93 bits per heavy atom. The monoisotopic (exact) mass is 690 g/mol. The van der Waals surface area contributed by atoms with Crippen LogP contribution in [0.2, 0.25) is 10.0 Å². The molecule has 1 aromatic heterocycles. The van der Waals surface area contributed by atoms with Crippen LogP contribution >= 0.6 is 35.0 Å². The van der Waals surface area contributed by atoms with Gasteiger partial charge in [0.25, 0.3) is 5.56 Å². The van der Waals surface area contributed by atoms with Gasteiger partial charge in [-0.1, -0.05) is 35.3 Å². The van der Waals surface area contributed by atoms with Gasteiger partial charge in [-0.25, -0.2) is 4.98 Å². The molecule has 242 valence electrons. The second-order valence-electron chi connectivity index (χ2n) is 12.6. The molecule has 2 heterocycles. The van der Waals surface area contributed by atoms with Gasteiger partial charge in [-0.05, 0) is 89.3 Å². The highest BCUT2D eigenvalue weighted by molar-refractivity contribution is 7.99. The van der Waals surface area contributed by atoms with Gasteiger partial charge in [0.1, 0.15) is 16.4 Å². The van der Waals surface area contributed by atoms with Crippen molar-refractivity contribution in [2.45, 2.75) is 76.0 Å². The molecule has 1 unspecified atom stereocenters. The van der Waals surface area contributed by atoms with Crippen molar-refractivity contribution < 1.29 is 14.1 Å². The minimum Gasteiger partial charge on any atom is -0.598 e. The number of benzene rings is 2. The number of nitrogens with one attached hydrogen (secondary N) is 1. The number of ether oxygens (including phenoxy) is 1. The molecular formula is C33H40Cl2N4O4S2. The fourth-order valence-electron chi connectivity index (χ4n) is 6.21. The summed E-state index contributed by atoms with van der Waals surface area (Å²) in [6.45, 7) is 11.4. The van der Waals surface area contributed by atoms with Crippen LogP contribution in [0.1, 0.15) is 70.0 Å². The highest BCUT2D eigenvalue weighted by Gasteiger charge is 2.50. The summed E-state index contributed by atoms with van der Waals surface area (Å²) in [6, 6.07) is 13.2. The predicted molar refractivity (Wildman–Crippen MR) is 184 cm³/mol. The van der Waals surface area contributed by atoms with Gasteiger partial charge in [-0.15, -0.1) is 16.5 Å². The van der Waals surface area contributed by atoms with Crippen LogP contribution in [0.25, 0.3) is 5.69 Å². The third-order valence-electron chi connectivity index (χ3n) is 8.57. The summed E-state index contributed by atoms with van der Waals surface area (Å²) in [4.78, 5) is 33.2. The number of aryl methyl sites for hydroxylation is 1. The Balaban J connectivity index is 1.37. The lowest BCUT2D eigenvalue weighted by atomic mass is 9.73. The fraction of sp³-hybridized carbons (Fsp3) is 0.485. The molecule has 3 aromatic rings. The Morgan fingerprint density at radius 1 is 1.20 bits per heavy atom. The number of fused-ring (bicyclic) bond motifs is 1. The number of carbonyl (C=O) groups is 1. The van der Waals surface area contributed by atoms with E-state index in [1.54, 1.807) is 43.0 Å². The molecule has 45 heavy (non-hydrogen) atoms. The van der Waals surface area contributed by atoms with Crippen LogP contribution in [0.15, 0.2) is 52.2 Å². The Labute approximate surface area is 282 Å². The van der Waals surface area contributed by atoms with E-state index in [-0.39, 0.29) is 23.0 Å². The van der Waals surface area contributed by atoms with E-state index in [1.165, 1.54) is 15.7 Å². The number of piperidine rings is 1. The number of anilines is 1. The van der Waals surface area contributed by atoms with Gasteiger partial charge in [0.15, 0.2) is 0 Å². The molecular weight excluding hydrogens is 651 g/mol. The molecule has 1 fully saturated rings. The Morgan fingerprint density at radius 3 is 2.60 bits per heavy atom. The molecule has 1 aliphatic carbocycles. The number of thioether (sulfide) groups is 1. The zero-order valence-electron chi connectivity index (χ0n) is 26.3. The molecule has 12 heteroatoms. The van der Waals surface area contributed by atoms with Crippen LogP contribution in [-0.2, 0) is 27.3 Å². The summed E-state index contributed by atoms with van der Waals surface area (Å²) in [5.74, 6) is 1.62. The van der Waals surface area contributed by atoms with E-state index >= 15 is 0 Å². The number of nitrogens with zero attached hydrogens (tertiary/aromatic N) is 3. The molecule has 5 rings (SSSR count).